The van der Waals surface area contributed by atoms with Gasteiger partial charge in [0.05, 0.1) is 12.7 Å². The number of carbonyl (C=O) groups is 1. The molecule has 1 amide bonds. The van der Waals surface area contributed by atoms with Crippen LogP contribution in [-0.4, -0.2) is 79.3 Å². The highest BCUT2D eigenvalue weighted by atomic mass is 16.7. The summed E-state index contributed by atoms with van der Waals surface area (Å²) < 4.78 is 16.2. The van der Waals surface area contributed by atoms with E-state index in [4.69, 9.17) is 14.2 Å². The largest absolute Gasteiger partial charge is 0.394 e. The van der Waals surface area contributed by atoms with Gasteiger partial charge in [-0.05, 0) is 31.6 Å². The summed E-state index contributed by atoms with van der Waals surface area (Å²) in [6.07, 6.45) is 6.33. The Morgan fingerprint density at radius 3 is 2.06 bits per heavy atom. The first-order chi connectivity index (χ1) is 16.2. The molecule has 0 bridgehead atoms. The Hall–Kier alpha value is -0.770. The molecule has 1 aliphatic heterocycles. The minimum Gasteiger partial charge on any atom is -0.394 e. The maximum atomic E-state index is 11.9. The third kappa shape index (κ3) is 19.1. The van der Waals surface area contributed by atoms with Gasteiger partial charge >= 0.3 is 0 Å². The Morgan fingerprint density at radius 1 is 0.914 bits per heavy atom. The van der Waals surface area contributed by atoms with Gasteiger partial charge in [0.25, 0.3) is 0 Å². The molecule has 0 radical (unpaired) electrons. The van der Waals surface area contributed by atoms with Crippen molar-refractivity contribution in [2.24, 2.45) is 11.8 Å². The van der Waals surface area contributed by atoms with Crippen LogP contribution >= 0.6 is 0 Å². The van der Waals surface area contributed by atoms with E-state index in [1.165, 1.54) is 19.3 Å². The van der Waals surface area contributed by atoms with Crippen LogP contribution in [0.4, 0.5) is 0 Å². The molecule has 4 N–H and O–H groups in total. The molecule has 0 aromatic rings. The molecular weight excluding hydrogens is 450 g/mol. The van der Waals surface area contributed by atoms with Crippen molar-refractivity contribution in [1.29, 1.82) is 0 Å². The van der Waals surface area contributed by atoms with Crippen molar-refractivity contribution in [3.8, 4) is 0 Å². The third-order valence-electron chi connectivity index (χ3n) is 5.62. The molecular formula is C27H57NO7. The van der Waals surface area contributed by atoms with Crippen LogP contribution in [0.1, 0.15) is 99.3 Å². The summed E-state index contributed by atoms with van der Waals surface area (Å²) >= 11 is 0. The minimum atomic E-state index is -1.11. The van der Waals surface area contributed by atoms with Crippen molar-refractivity contribution >= 4 is 5.91 Å². The van der Waals surface area contributed by atoms with Crippen molar-refractivity contribution in [2.45, 2.75) is 124 Å². The van der Waals surface area contributed by atoms with E-state index in [9.17, 15) is 20.1 Å². The summed E-state index contributed by atoms with van der Waals surface area (Å²) in [6, 6.07) is 0. The molecule has 8 nitrogen and oxygen atoms in total. The fourth-order valence-corrected chi connectivity index (χ4v) is 3.57. The van der Waals surface area contributed by atoms with E-state index in [0.717, 1.165) is 57.6 Å². The Morgan fingerprint density at radius 2 is 1.46 bits per heavy atom. The topological polar surface area (TPSA) is 117 Å². The number of hydrogen-bond acceptors (Lipinski definition) is 7. The molecule has 1 saturated heterocycles. The normalized spacial score (nSPS) is 23.9. The second kappa shape index (κ2) is 23.6. The lowest BCUT2D eigenvalue weighted by molar-refractivity contribution is -0.282. The quantitative estimate of drug-likeness (QED) is 0.220. The number of methoxy groups -OCH3 is 1. The van der Waals surface area contributed by atoms with Gasteiger partial charge in [0, 0.05) is 39.2 Å². The van der Waals surface area contributed by atoms with Crippen molar-refractivity contribution in [1.82, 2.24) is 5.32 Å². The number of ether oxygens (including phenoxy) is 3. The van der Waals surface area contributed by atoms with E-state index in [2.05, 4.69) is 26.1 Å². The van der Waals surface area contributed by atoms with Gasteiger partial charge < -0.3 is 34.8 Å². The zero-order valence-electron chi connectivity index (χ0n) is 22.3. The molecule has 2 unspecified atom stereocenters. The van der Waals surface area contributed by atoms with Crippen LogP contribution in [0, 0.1) is 11.8 Å². The van der Waals surface area contributed by atoms with Crippen molar-refractivity contribution in [3.63, 3.8) is 0 Å². The lowest BCUT2D eigenvalue weighted by Crippen LogP contribution is -2.55. The van der Waals surface area contributed by atoms with Crippen molar-refractivity contribution < 1.29 is 34.3 Å². The second-order valence-electron chi connectivity index (χ2n) is 9.94. The average Bonchev–Trinajstić information content (AvgIpc) is 2.79. The molecule has 8 heteroatoms. The van der Waals surface area contributed by atoms with Gasteiger partial charge in [0.1, 0.15) is 12.2 Å². The first kappa shape index (κ1) is 36.4. The zero-order valence-corrected chi connectivity index (χ0v) is 22.3. The van der Waals surface area contributed by atoms with Gasteiger partial charge in [0.2, 0.25) is 5.91 Å². The van der Waals surface area contributed by atoms with Gasteiger partial charge in [-0.3, -0.25) is 4.79 Å². The SMILES string of the molecule is C.CC(C)C.COCCCCCCCCNC(=O)CCCCCO[C@@H]1OC(CO)[C@H](O)[C@H](O)C1C. The summed E-state index contributed by atoms with van der Waals surface area (Å²) in [7, 11) is 1.73. The number of aliphatic hydroxyl groups excluding tert-OH is 3. The van der Waals surface area contributed by atoms with E-state index in [-0.39, 0.29) is 25.9 Å². The molecule has 1 heterocycles. The highest BCUT2D eigenvalue weighted by Crippen LogP contribution is 2.26. The highest BCUT2D eigenvalue weighted by Gasteiger charge is 2.42. The number of aliphatic hydroxyl groups is 3. The fourth-order valence-electron chi connectivity index (χ4n) is 3.57. The Labute approximate surface area is 215 Å². The number of carbonyl (C=O) groups excluding carboxylic acids is 1. The van der Waals surface area contributed by atoms with E-state index in [0.29, 0.717) is 13.0 Å². The summed E-state index contributed by atoms with van der Waals surface area (Å²) in [6.45, 7) is 9.92. The van der Waals surface area contributed by atoms with Gasteiger partial charge in [-0.1, -0.05) is 67.2 Å². The lowest BCUT2D eigenvalue weighted by atomic mass is 9.92. The first-order valence-electron chi connectivity index (χ1n) is 13.2. The molecule has 0 aliphatic carbocycles. The predicted molar refractivity (Wildman–Crippen MR) is 141 cm³/mol. The molecule has 0 saturated carbocycles. The van der Waals surface area contributed by atoms with Crippen molar-refractivity contribution in [2.75, 3.05) is 33.5 Å². The smallest absolute Gasteiger partial charge is 0.219 e. The Kier molecular flexibility index (Phi) is 24.6. The van der Waals surface area contributed by atoms with Crippen LogP contribution in [0.25, 0.3) is 0 Å². The minimum absolute atomic E-state index is 0. The van der Waals surface area contributed by atoms with Crippen molar-refractivity contribution in [3.05, 3.63) is 0 Å². The third-order valence-corrected chi connectivity index (χ3v) is 5.62. The van der Waals surface area contributed by atoms with Gasteiger partial charge in [0.15, 0.2) is 6.29 Å². The molecule has 5 atom stereocenters. The molecule has 0 aromatic carbocycles. The Bertz CT molecular complexity index is 474. The van der Waals surface area contributed by atoms with E-state index >= 15 is 0 Å². The maximum Gasteiger partial charge on any atom is 0.219 e. The second-order valence-corrected chi connectivity index (χ2v) is 9.94. The number of amides is 1. The molecule has 0 spiro atoms. The predicted octanol–water partition coefficient (Wildman–Crippen LogP) is 4.04. The van der Waals surface area contributed by atoms with Gasteiger partial charge in [-0.2, -0.15) is 0 Å². The zero-order chi connectivity index (χ0) is 25.8. The van der Waals surface area contributed by atoms with Gasteiger partial charge in [-0.15, -0.1) is 0 Å². The average molecular weight is 508 g/mol. The van der Waals surface area contributed by atoms with Crippen LogP contribution in [0.5, 0.6) is 0 Å². The fraction of sp³-hybridized carbons (Fsp3) is 0.963. The maximum absolute atomic E-state index is 11.9. The summed E-state index contributed by atoms with van der Waals surface area (Å²) in [4.78, 5) is 11.9. The lowest BCUT2D eigenvalue weighted by Gasteiger charge is -2.40. The van der Waals surface area contributed by atoms with E-state index in [1.54, 1.807) is 14.0 Å². The molecule has 1 fully saturated rings. The Balaban J connectivity index is 0. The number of rotatable bonds is 17. The van der Waals surface area contributed by atoms with Gasteiger partial charge in [-0.25, -0.2) is 0 Å². The summed E-state index contributed by atoms with van der Waals surface area (Å²) in [5.74, 6) is 0.557. The van der Waals surface area contributed by atoms with Crippen LogP contribution in [0.3, 0.4) is 0 Å². The number of hydrogen-bond donors (Lipinski definition) is 4. The number of unbranched alkanes of at least 4 members (excludes halogenated alkanes) is 7. The summed E-state index contributed by atoms with van der Waals surface area (Å²) in [5.41, 5.74) is 0. The number of nitrogens with one attached hydrogen (secondary N) is 1. The first-order valence-corrected chi connectivity index (χ1v) is 13.2. The van der Waals surface area contributed by atoms with Crippen LogP contribution in [0.15, 0.2) is 0 Å². The van der Waals surface area contributed by atoms with Crippen LogP contribution in [0.2, 0.25) is 0 Å². The molecule has 35 heavy (non-hydrogen) atoms. The molecule has 1 aliphatic rings. The van der Waals surface area contributed by atoms with E-state index < -0.39 is 24.6 Å². The molecule has 1 rings (SSSR count). The molecule has 0 aromatic heterocycles. The highest BCUT2D eigenvalue weighted by molar-refractivity contribution is 5.75. The van der Waals surface area contributed by atoms with E-state index in [1.807, 2.05) is 0 Å². The standard InChI is InChI=1S/C22H43NO7.C4H10.CH4/c1-17-20(26)21(27)18(16-24)30-22(17)29-15-11-7-8-12-19(25)23-13-9-5-3-4-6-10-14-28-2;1-4(2)3;/h17-18,20-22,24,26-27H,3-16H2,1-2H3,(H,23,25);4H,1-3H3;1H4/t17?,18?,20-,21+,22-;;/m1../s1. The summed E-state index contributed by atoms with van der Waals surface area (Å²) in [5, 5.41) is 32.0. The monoisotopic (exact) mass is 507 g/mol. The van der Waals surface area contributed by atoms with Crippen LogP contribution in [-0.2, 0) is 19.0 Å². The molecule has 212 valence electrons. The van der Waals surface area contributed by atoms with Crippen LogP contribution < -0.4 is 5.32 Å².